The van der Waals surface area contributed by atoms with Gasteiger partial charge in [0, 0.05) is 24.7 Å². The molecule has 6 nitrogen and oxygen atoms in total. The van der Waals surface area contributed by atoms with Crippen molar-refractivity contribution in [3.05, 3.63) is 29.8 Å². The van der Waals surface area contributed by atoms with E-state index in [4.69, 9.17) is 19.2 Å². The lowest BCUT2D eigenvalue weighted by Gasteiger charge is -2.57. The number of hydrogen-bond donors (Lipinski definition) is 2. The van der Waals surface area contributed by atoms with Gasteiger partial charge in [-0.05, 0) is 106 Å². The largest absolute Gasteiger partial charge is 0.491 e. The molecule has 7 fully saturated rings. The summed E-state index contributed by atoms with van der Waals surface area (Å²) in [6.07, 6.45) is 11.8. The molecule has 34 heavy (non-hydrogen) atoms. The Hall–Kier alpha value is -1.18. The highest BCUT2D eigenvalue weighted by Crippen LogP contribution is 2.64. The van der Waals surface area contributed by atoms with Crippen molar-refractivity contribution in [2.45, 2.75) is 93.7 Å². The highest BCUT2D eigenvalue weighted by molar-refractivity contribution is 5.30. The molecule has 1 aromatic carbocycles. The normalized spacial score (nSPS) is 44.7. The third kappa shape index (κ3) is 3.72. The third-order valence-corrected chi connectivity index (χ3v) is 10.1. The van der Waals surface area contributed by atoms with Crippen LogP contribution < -0.4 is 10.1 Å². The lowest BCUT2D eigenvalue weighted by Crippen LogP contribution is -2.59. The van der Waals surface area contributed by atoms with E-state index >= 15 is 0 Å². The van der Waals surface area contributed by atoms with Crippen LogP contribution in [-0.4, -0.2) is 42.0 Å². The predicted octanol–water partition coefficient (Wildman–Crippen LogP) is 4.66. The molecule has 2 aliphatic heterocycles. The number of rotatable bonds is 4. The first kappa shape index (κ1) is 22.1. The van der Waals surface area contributed by atoms with Gasteiger partial charge in [-0.15, -0.1) is 0 Å². The molecule has 0 amide bonds. The molecule has 2 heterocycles. The number of nitrogens with one attached hydrogen (secondary N) is 1. The van der Waals surface area contributed by atoms with Crippen LogP contribution in [0.5, 0.6) is 5.75 Å². The molecule has 0 aromatic heterocycles. The highest BCUT2D eigenvalue weighted by Gasteiger charge is 2.66. The molecule has 186 valence electrons. The van der Waals surface area contributed by atoms with Gasteiger partial charge in [-0.1, -0.05) is 12.1 Å². The maximum atomic E-state index is 10.7. The molecule has 0 atom stereocenters. The quantitative estimate of drug-likeness (QED) is 0.625. The fourth-order valence-electron chi connectivity index (χ4n) is 8.28. The Morgan fingerprint density at radius 3 is 2.15 bits per heavy atom. The van der Waals surface area contributed by atoms with E-state index in [2.05, 4.69) is 29.6 Å². The lowest BCUT2D eigenvalue weighted by atomic mass is 9.53. The maximum absolute atomic E-state index is 10.7. The Morgan fingerprint density at radius 1 is 0.853 bits per heavy atom. The summed E-state index contributed by atoms with van der Waals surface area (Å²) in [6.45, 7) is 2.06. The summed E-state index contributed by atoms with van der Waals surface area (Å²) in [5, 5.41) is 13.9. The van der Waals surface area contributed by atoms with Crippen LogP contribution in [0.15, 0.2) is 24.3 Å². The molecular weight excluding hydrogens is 430 g/mol. The summed E-state index contributed by atoms with van der Waals surface area (Å²) >= 11 is 0. The molecule has 5 aliphatic carbocycles. The molecule has 8 rings (SSSR count). The van der Waals surface area contributed by atoms with Crippen LogP contribution in [0.25, 0.3) is 0 Å². The zero-order chi connectivity index (χ0) is 22.8. The van der Waals surface area contributed by atoms with Gasteiger partial charge in [0.25, 0.3) is 0 Å². The molecule has 2 N–H and O–H groups in total. The van der Waals surface area contributed by atoms with Crippen molar-refractivity contribution in [3.63, 3.8) is 0 Å². The van der Waals surface area contributed by atoms with E-state index in [0.29, 0.717) is 24.4 Å². The van der Waals surface area contributed by atoms with Crippen LogP contribution in [0.1, 0.15) is 82.1 Å². The second-order valence-electron chi connectivity index (χ2n) is 12.3. The van der Waals surface area contributed by atoms with Crippen molar-refractivity contribution in [2.24, 2.45) is 23.7 Å². The van der Waals surface area contributed by atoms with Gasteiger partial charge in [-0.3, -0.25) is 0 Å². The number of ether oxygens (including phenoxy) is 2. The van der Waals surface area contributed by atoms with Crippen molar-refractivity contribution in [3.8, 4) is 5.75 Å². The molecule has 6 heteroatoms. The van der Waals surface area contributed by atoms with Crippen molar-refractivity contribution in [1.29, 1.82) is 0 Å². The minimum absolute atomic E-state index is 0.361. The van der Waals surface area contributed by atoms with Gasteiger partial charge in [-0.25, -0.2) is 0 Å². The van der Waals surface area contributed by atoms with E-state index in [-0.39, 0.29) is 0 Å². The van der Waals surface area contributed by atoms with Crippen LogP contribution in [0.4, 0.5) is 0 Å². The molecule has 2 saturated heterocycles. The second-order valence-corrected chi connectivity index (χ2v) is 12.3. The number of aliphatic hydroxyl groups is 1. The summed E-state index contributed by atoms with van der Waals surface area (Å²) in [5.41, 5.74) is 0.644. The average Bonchev–Trinajstić information content (AvgIpc) is 3.22. The topological polar surface area (TPSA) is 69.2 Å². The van der Waals surface area contributed by atoms with Gasteiger partial charge in [0.05, 0.1) is 0 Å². The Morgan fingerprint density at radius 2 is 1.50 bits per heavy atom. The Bertz CT molecular complexity index is 859. The van der Waals surface area contributed by atoms with Crippen LogP contribution >= 0.6 is 0 Å². The van der Waals surface area contributed by atoms with Crippen LogP contribution in [0.3, 0.4) is 0 Å². The van der Waals surface area contributed by atoms with E-state index in [9.17, 15) is 5.11 Å². The minimum Gasteiger partial charge on any atom is -0.491 e. The minimum atomic E-state index is -0.709. The zero-order valence-corrected chi connectivity index (χ0v) is 20.2. The van der Waals surface area contributed by atoms with Crippen LogP contribution in [0.2, 0.25) is 0 Å². The molecule has 0 radical (unpaired) electrons. The summed E-state index contributed by atoms with van der Waals surface area (Å²) in [4.78, 5) is 12.3. The van der Waals surface area contributed by atoms with E-state index in [1.54, 1.807) is 0 Å². The van der Waals surface area contributed by atoms with Gasteiger partial charge >= 0.3 is 0 Å². The first-order valence-electron chi connectivity index (χ1n) is 13.8. The van der Waals surface area contributed by atoms with E-state index in [1.165, 1.54) is 37.7 Å². The second kappa shape index (κ2) is 8.17. The number of benzene rings is 1. The van der Waals surface area contributed by atoms with E-state index < -0.39 is 17.2 Å². The molecule has 4 bridgehead atoms. The molecule has 0 unspecified atom stereocenters. The smallest absolute Gasteiger partial charge is 0.210 e. The Labute approximate surface area is 202 Å². The summed E-state index contributed by atoms with van der Waals surface area (Å²) < 4.78 is 12.8. The van der Waals surface area contributed by atoms with Crippen molar-refractivity contribution in [2.75, 3.05) is 19.7 Å². The standard InChI is InChI=1S/C28H39NO5/c30-26(9-11-29-12-10-26)18-31-25-3-1-21(2-4-25)22-5-7-27(8-6-22)32-28(34-33-27)23-14-19-13-20(16-23)17-24(28)15-19/h1-4,19-20,22-24,29-30H,5-18H2. The van der Waals surface area contributed by atoms with Gasteiger partial charge < -0.3 is 19.9 Å². The van der Waals surface area contributed by atoms with Crippen molar-refractivity contribution >= 4 is 0 Å². The molecular formula is C28H39NO5. The fraction of sp³-hybridized carbons (Fsp3) is 0.786. The van der Waals surface area contributed by atoms with Gasteiger partial charge in [0.2, 0.25) is 11.6 Å². The van der Waals surface area contributed by atoms with Gasteiger partial charge in [0.15, 0.2) is 0 Å². The molecule has 1 aromatic rings. The fourth-order valence-corrected chi connectivity index (χ4v) is 8.28. The van der Waals surface area contributed by atoms with E-state index in [1.807, 2.05) is 0 Å². The van der Waals surface area contributed by atoms with Crippen LogP contribution in [-0.2, 0) is 14.5 Å². The molecule has 7 aliphatic rings. The van der Waals surface area contributed by atoms with Gasteiger partial charge in [-0.2, -0.15) is 9.78 Å². The first-order valence-corrected chi connectivity index (χ1v) is 13.8. The Balaban J connectivity index is 0.958. The molecule has 2 spiro atoms. The monoisotopic (exact) mass is 469 g/mol. The maximum Gasteiger partial charge on any atom is 0.210 e. The average molecular weight is 470 g/mol. The first-order chi connectivity index (χ1) is 16.5. The summed E-state index contributed by atoms with van der Waals surface area (Å²) in [7, 11) is 0. The predicted molar refractivity (Wildman–Crippen MR) is 126 cm³/mol. The summed E-state index contributed by atoms with van der Waals surface area (Å²) in [6, 6.07) is 8.49. The third-order valence-electron chi connectivity index (χ3n) is 10.1. The zero-order valence-electron chi connectivity index (χ0n) is 20.2. The van der Waals surface area contributed by atoms with E-state index in [0.717, 1.165) is 69.2 Å². The summed E-state index contributed by atoms with van der Waals surface area (Å²) in [5.74, 6) is 3.17. The SMILES string of the molecule is OC1(COc2ccc(C3CCC4(CC3)OOC3(O4)C4CC5CC(C4)CC3C5)cc2)CCNCC1. The van der Waals surface area contributed by atoms with Gasteiger partial charge in [0.1, 0.15) is 18.0 Å². The number of hydrogen-bond acceptors (Lipinski definition) is 6. The molecule has 5 saturated carbocycles. The highest BCUT2D eigenvalue weighted by atomic mass is 17.3. The Kier molecular flexibility index (Phi) is 5.30. The number of piperidine rings is 1. The van der Waals surface area contributed by atoms with Crippen LogP contribution in [0, 0.1) is 23.7 Å². The van der Waals surface area contributed by atoms with Crippen molar-refractivity contribution < 1.29 is 24.4 Å². The van der Waals surface area contributed by atoms with Crippen molar-refractivity contribution in [1.82, 2.24) is 5.32 Å². The lowest BCUT2D eigenvalue weighted by molar-refractivity contribution is -0.390.